The number of hydrogen-bond acceptors (Lipinski definition) is 3. The third-order valence-corrected chi connectivity index (χ3v) is 3.85. The standard InChI is InChI=1S/C19H20FN3O/c20-18-5-7-19(8-6-18)23-13-17(12-22-23)11-21-10-9-15-1-3-16(14-24)4-2-15/h1-8,12-13,21,24H,9-11,14H2. The number of benzene rings is 2. The minimum atomic E-state index is -0.250. The van der Waals surface area contributed by atoms with Crippen LogP contribution in [0.2, 0.25) is 0 Å². The second-order valence-electron chi connectivity index (χ2n) is 5.67. The highest BCUT2D eigenvalue weighted by atomic mass is 19.1. The van der Waals surface area contributed by atoms with E-state index < -0.39 is 0 Å². The van der Waals surface area contributed by atoms with Gasteiger partial charge in [0.2, 0.25) is 0 Å². The lowest BCUT2D eigenvalue weighted by molar-refractivity contribution is 0.282. The fourth-order valence-electron chi connectivity index (χ4n) is 2.46. The van der Waals surface area contributed by atoms with Gasteiger partial charge in [-0.15, -0.1) is 0 Å². The molecule has 5 heteroatoms. The highest BCUT2D eigenvalue weighted by Crippen LogP contribution is 2.09. The van der Waals surface area contributed by atoms with E-state index in [1.165, 1.54) is 17.7 Å². The molecular formula is C19H20FN3O. The van der Waals surface area contributed by atoms with Gasteiger partial charge in [-0.3, -0.25) is 0 Å². The fourth-order valence-corrected chi connectivity index (χ4v) is 2.46. The summed E-state index contributed by atoms with van der Waals surface area (Å²) in [6.07, 6.45) is 4.68. The molecule has 1 aromatic heterocycles. The van der Waals surface area contributed by atoms with Crippen LogP contribution in [0.15, 0.2) is 60.9 Å². The zero-order valence-corrected chi connectivity index (χ0v) is 13.3. The van der Waals surface area contributed by atoms with E-state index in [0.29, 0.717) is 0 Å². The molecule has 4 nitrogen and oxygen atoms in total. The van der Waals surface area contributed by atoms with Crippen molar-refractivity contribution in [1.82, 2.24) is 15.1 Å². The van der Waals surface area contributed by atoms with Crippen molar-refractivity contribution in [3.8, 4) is 5.69 Å². The maximum absolute atomic E-state index is 12.9. The molecule has 3 rings (SSSR count). The summed E-state index contributed by atoms with van der Waals surface area (Å²) < 4.78 is 14.7. The van der Waals surface area contributed by atoms with E-state index in [0.717, 1.165) is 36.3 Å². The van der Waals surface area contributed by atoms with Crippen molar-refractivity contribution < 1.29 is 9.50 Å². The van der Waals surface area contributed by atoms with Crippen LogP contribution in [-0.4, -0.2) is 21.4 Å². The molecule has 0 saturated heterocycles. The molecule has 24 heavy (non-hydrogen) atoms. The molecule has 2 aromatic carbocycles. The average Bonchev–Trinajstić information content (AvgIpc) is 3.09. The van der Waals surface area contributed by atoms with Gasteiger partial charge in [-0.25, -0.2) is 9.07 Å². The van der Waals surface area contributed by atoms with Gasteiger partial charge >= 0.3 is 0 Å². The summed E-state index contributed by atoms with van der Waals surface area (Å²) in [5.41, 5.74) is 4.09. The maximum atomic E-state index is 12.9. The maximum Gasteiger partial charge on any atom is 0.123 e. The molecule has 0 unspecified atom stereocenters. The molecule has 0 fully saturated rings. The van der Waals surface area contributed by atoms with Crippen LogP contribution in [0.5, 0.6) is 0 Å². The molecule has 0 spiro atoms. The molecule has 2 N–H and O–H groups in total. The molecule has 0 atom stereocenters. The van der Waals surface area contributed by atoms with Gasteiger partial charge in [-0.2, -0.15) is 5.10 Å². The van der Waals surface area contributed by atoms with Crippen LogP contribution in [0.25, 0.3) is 5.69 Å². The lowest BCUT2D eigenvalue weighted by Crippen LogP contribution is -2.16. The van der Waals surface area contributed by atoms with Gasteiger partial charge in [0.1, 0.15) is 5.82 Å². The Kier molecular flexibility index (Phi) is 5.36. The van der Waals surface area contributed by atoms with Gasteiger partial charge in [-0.05, 0) is 48.4 Å². The monoisotopic (exact) mass is 325 g/mol. The summed E-state index contributed by atoms with van der Waals surface area (Å²) in [5, 5.41) is 16.7. The summed E-state index contributed by atoms with van der Waals surface area (Å²) >= 11 is 0. The number of aliphatic hydroxyl groups is 1. The van der Waals surface area contributed by atoms with Gasteiger partial charge in [0, 0.05) is 18.3 Å². The average molecular weight is 325 g/mol. The first-order valence-corrected chi connectivity index (χ1v) is 7.93. The molecule has 0 bridgehead atoms. The van der Waals surface area contributed by atoms with E-state index >= 15 is 0 Å². The summed E-state index contributed by atoms with van der Waals surface area (Å²) in [4.78, 5) is 0. The largest absolute Gasteiger partial charge is 0.392 e. The zero-order valence-electron chi connectivity index (χ0n) is 13.3. The smallest absolute Gasteiger partial charge is 0.123 e. The molecule has 0 radical (unpaired) electrons. The normalized spacial score (nSPS) is 10.9. The molecule has 0 amide bonds. The molecule has 124 valence electrons. The zero-order chi connectivity index (χ0) is 16.8. The molecule has 3 aromatic rings. The van der Waals surface area contributed by atoms with Crippen LogP contribution < -0.4 is 5.32 Å². The Hall–Kier alpha value is -2.50. The van der Waals surface area contributed by atoms with Crippen LogP contribution in [0.3, 0.4) is 0 Å². The Morgan fingerprint density at radius 3 is 2.38 bits per heavy atom. The van der Waals surface area contributed by atoms with Crippen molar-refractivity contribution in [2.45, 2.75) is 19.6 Å². The van der Waals surface area contributed by atoms with Crippen molar-refractivity contribution in [2.75, 3.05) is 6.54 Å². The summed E-state index contributed by atoms with van der Waals surface area (Å²) in [6, 6.07) is 14.2. The minimum Gasteiger partial charge on any atom is -0.392 e. The third-order valence-electron chi connectivity index (χ3n) is 3.85. The lowest BCUT2D eigenvalue weighted by Gasteiger charge is -2.04. The van der Waals surface area contributed by atoms with E-state index in [-0.39, 0.29) is 12.4 Å². The Labute approximate surface area is 140 Å². The number of nitrogens with one attached hydrogen (secondary N) is 1. The Bertz CT molecular complexity index is 766. The molecular weight excluding hydrogens is 305 g/mol. The number of nitrogens with zero attached hydrogens (tertiary/aromatic N) is 2. The Morgan fingerprint density at radius 1 is 0.958 bits per heavy atom. The lowest BCUT2D eigenvalue weighted by atomic mass is 10.1. The summed E-state index contributed by atoms with van der Waals surface area (Å²) in [7, 11) is 0. The predicted octanol–water partition coefficient (Wildman–Crippen LogP) is 2.84. The molecule has 0 saturated carbocycles. The van der Waals surface area contributed by atoms with Gasteiger partial charge < -0.3 is 10.4 Å². The first-order valence-electron chi connectivity index (χ1n) is 7.93. The Balaban J connectivity index is 1.47. The van der Waals surface area contributed by atoms with Crippen molar-refractivity contribution in [2.24, 2.45) is 0 Å². The molecule has 1 heterocycles. The van der Waals surface area contributed by atoms with Crippen LogP contribution >= 0.6 is 0 Å². The van der Waals surface area contributed by atoms with Crippen molar-refractivity contribution in [3.63, 3.8) is 0 Å². The van der Waals surface area contributed by atoms with E-state index in [4.69, 9.17) is 5.11 Å². The second kappa shape index (κ2) is 7.86. The third kappa shape index (κ3) is 4.28. The van der Waals surface area contributed by atoms with E-state index in [1.54, 1.807) is 16.8 Å². The second-order valence-corrected chi connectivity index (χ2v) is 5.67. The number of aliphatic hydroxyl groups excluding tert-OH is 1. The van der Waals surface area contributed by atoms with Crippen LogP contribution in [0.4, 0.5) is 4.39 Å². The SMILES string of the molecule is OCc1ccc(CCNCc2cnn(-c3ccc(F)cc3)c2)cc1. The van der Waals surface area contributed by atoms with Crippen molar-refractivity contribution >= 4 is 0 Å². The van der Waals surface area contributed by atoms with E-state index in [9.17, 15) is 4.39 Å². The van der Waals surface area contributed by atoms with Gasteiger partial charge in [0.05, 0.1) is 18.5 Å². The molecule has 0 aliphatic rings. The first-order chi connectivity index (χ1) is 11.7. The number of aromatic nitrogens is 2. The topological polar surface area (TPSA) is 50.1 Å². The van der Waals surface area contributed by atoms with Crippen LogP contribution in [0.1, 0.15) is 16.7 Å². The number of rotatable bonds is 7. The summed E-state index contributed by atoms with van der Waals surface area (Å²) in [6.45, 7) is 1.67. The number of halogens is 1. The van der Waals surface area contributed by atoms with Crippen LogP contribution in [-0.2, 0) is 19.6 Å². The van der Waals surface area contributed by atoms with Crippen molar-refractivity contribution in [3.05, 3.63) is 83.4 Å². The number of hydrogen-bond donors (Lipinski definition) is 2. The molecule has 0 aliphatic carbocycles. The van der Waals surface area contributed by atoms with E-state index in [1.807, 2.05) is 36.7 Å². The van der Waals surface area contributed by atoms with Gasteiger partial charge in [0.15, 0.2) is 0 Å². The first kappa shape index (κ1) is 16.4. The van der Waals surface area contributed by atoms with Crippen molar-refractivity contribution in [1.29, 1.82) is 0 Å². The van der Waals surface area contributed by atoms with Gasteiger partial charge in [-0.1, -0.05) is 24.3 Å². The van der Waals surface area contributed by atoms with Crippen LogP contribution in [0, 0.1) is 5.82 Å². The fraction of sp³-hybridized carbons (Fsp3) is 0.211. The molecule has 0 aliphatic heterocycles. The predicted molar refractivity (Wildman–Crippen MR) is 91.3 cm³/mol. The highest BCUT2D eigenvalue weighted by Gasteiger charge is 2.01. The minimum absolute atomic E-state index is 0.0799. The Morgan fingerprint density at radius 2 is 1.67 bits per heavy atom. The van der Waals surface area contributed by atoms with E-state index in [2.05, 4.69) is 10.4 Å². The quantitative estimate of drug-likeness (QED) is 0.657. The summed E-state index contributed by atoms with van der Waals surface area (Å²) in [5.74, 6) is -0.250. The van der Waals surface area contributed by atoms with Gasteiger partial charge in [0.25, 0.3) is 0 Å². The highest BCUT2D eigenvalue weighted by molar-refractivity contribution is 5.31.